The molecule has 25 heavy (non-hydrogen) atoms. The number of carbonyl (C=O) groups is 2. The lowest BCUT2D eigenvalue weighted by Gasteiger charge is -2.34. The number of halogens is 1. The molecule has 0 aliphatic carbocycles. The van der Waals surface area contributed by atoms with Gasteiger partial charge in [-0.05, 0) is 36.4 Å². The Kier molecular flexibility index (Phi) is 5.14. The number of rotatable bonds is 3. The third-order valence-corrected chi connectivity index (χ3v) is 4.29. The molecule has 7 nitrogen and oxygen atoms in total. The monoisotopic (exact) mass is 359 g/mol. The zero-order valence-corrected chi connectivity index (χ0v) is 14.5. The molecule has 1 fully saturated rings. The zero-order valence-electron chi connectivity index (χ0n) is 13.8. The molecule has 2 heterocycles. The largest absolute Gasteiger partial charge is 0.352 e. The molecule has 0 unspecified atom stereocenters. The number of anilines is 2. The fourth-order valence-corrected chi connectivity index (χ4v) is 2.72. The Hall–Kier alpha value is -2.67. The van der Waals surface area contributed by atoms with Crippen molar-refractivity contribution in [2.45, 2.75) is 6.92 Å². The fourth-order valence-electron chi connectivity index (χ4n) is 2.59. The lowest BCUT2D eigenvalue weighted by atomic mass is 10.3. The lowest BCUT2D eigenvalue weighted by molar-refractivity contribution is -0.129. The number of benzene rings is 1. The third kappa shape index (κ3) is 4.24. The molecule has 0 atom stereocenters. The molecule has 2 amide bonds. The van der Waals surface area contributed by atoms with Gasteiger partial charge >= 0.3 is 0 Å². The minimum Gasteiger partial charge on any atom is -0.352 e. The highest BCUT2D eigenvalue weighted by Gasteiger charge is 2.20. The molecule has 130 valence electrons. The van der Waals surface area contributed by atoms with Crippen molar-refractivity contribution >= 4 is 34.9 Å². The summed E-state index contributed by atoms with van der Waals surface area (Å²) in [6.45, 7) is 4.30. The first-order valence-corrected chi connectivity index (χ1v) is 8.32. The maximum atomic E-state index is 12.2. The second-order valence-electron chi connectivity index (χ2n) is 5.73. The van der Waals surface area contributed by atoms with E-state index in [0.717, 1.165) is 0 Å². The van der Waals surface area contributed by atoms with E-state index in [1.165, 1.54) is 0 Å². The fraction of sp³-hybridized carbons (Fsp3) is 0.294. The summed E-state index contributed by atoms with van der Waals surface area (Å²) in [5.41, 5.74) is 0.877. The molecule has 1 saturated heterocycles. The molecular weight excluding hydrogens is 342 g/mol. The first-order chi connectivity index (χ1) is 12.0. The predicted molar refractivity (Wildman–Crippen MR) is 95.9 cm³/mol. The van der Waals surface area contributed by atoms with Crippen LogP contribution in [0.3, 0.4) is 0 Å². The summed E-state index contributed by atoms with van der Waals surface area (Å²) >= 11 is 5.82. The molecule has 1 aromatic heterocycles. The summed E-state index contributed by atoms with van der Waals surface area (Å²) in [5.74, 6) is 0.453. The molecule has 3 rings (SSSR count). The Morgan fingerprint density at radius 1 is 1.00 bits per heavy atom. The van der Waals surface area contributed by atoms with E-state index < -0.39 is 0 Å². The summed E-state index contributed by atoms with van der Waals surface area (Å²) in [6.07, 6.45) is 0. The van der Waals surface area contributed by atoms with Crippen LogP contribution in [-0.2, 0) is 4.79 Å². The average molecular weight is 360 g/mol. The van der Waals surface area contributed by atoms with E-state index in [0.29, 0.717) is 42.7 Å². The molecule has 8 heteroatoms. The smallest absolute Gasteiger partial charge is 0.276 e. The molecule has 0 saturated carbocycles. The summed E-state index contributed by atoms with van der Waals surface area (Å²) in [4.78, 5) is 27.4. The van der Waals surface area contributed by atoms with Crippen LogP contribution in [0, 0.1) is 0 Å². The summed E-state index contributed by atoms with van der Waals surface area (Å²) < 4.78 is 0. The van der Waals surface area contributed by atoms with E-state index in [-0.39, 0.29) is 17.5 Å². The van der Waals surface area contributed by atoms with Crippen LogP contribution in [0.15, 0.2) is 36.4 Å². The summed E-state index contributed by atoms with van der Waals surface area (Å²) in [7, 11) is 0. The number of nitrogens with one attached hydrogen (secondary N) is 1. The predicted octanol–water partition coefficient (Wildman–Crippen LogP) is 2.05. The number of hydrogen-bond donors (Lipinski definition) is 1. The molecule has 1 aliphatic heterocycles. The van der Waals surface area contributed by atoms with Crippen molar-refractivity contribution in [2.75, 3.05) is 36.4 Å². The van der Waals surface area contributed by atoms with Crippen LogP contribution < -0.4 is 10.2 Å². The quantitative estimate of drug-likeness (QED) is 0.907. The van der Waals surface area contributed by atoms with Crippen molar-refractivity contribution in [1.29, 1.82) is 0 Å². The first kappa shape index (κ1) is 17.2. The van der Waals surface area contributed by atoms with Crippen molar-refractivity contribution in [3.63, 3.8) is 0 Å². The van der Waals surface area contributed by atoms with Gasteiger partial charge in [-0.1, -0.05) is 11.6 Å². The zero-order chi connectivity index (χ0) is 17.8. The van der Waals surface area contributed by atoms with Crippen LogP contribution in [0.5, 0.6) is 0 Å². The van der Waals surface area contributed by atoms with Gasteiger partial charge in [0.1, 0.15) is 0 Å². The number of nitrogens with zero attached hydrogens (tertiary/aromatic N) is 4. The molecule has 2 aromatic rings. The number of piperazine rings is 1. The van der Waals surface area contributed by atoms with E-state index in [2.05, 4.69) is 15.5 Å². The Bertz CT molecular complexity index is 756. The minimum absolute atomic E-state index is 0.0833. The second-order valence-corrected chi connectivity index (χ2v) is 6.17. The molecular formula is C17H18ClN5O2. The highest BCUT2D eigenvalue weighted by molar-refractivity contribution is 6.30. The summed E-state index contributed by atoms with van der Waals surface area (Å²) in [5, 5.41) is 11.5. The van der Waals surface area contributed by atoms with Gasteiger partial charge in [0.25, 0.3) is 5.91 Å². The van der Waals surface area contributed by atoms with Gasteiger partial charge < -0.3 is 15.1 Å². The van der Waals surface area contributed by atoms with Crippen LogP contribution >= 0.6 is 11.6 Å². The minimum atomic E-state index is -0.331. The van der Waals surface area contributed by atoms with E-state index in [4.69, 9.17) is 11.6 Å². The van der Waals surface area contributed by atoms with Gasteiger partial charge in [-0.2, -0.15) is 0 Å². The Balaban J connectivity index is 1.61. The van der Waals surface area contributed by atoms with Crippen molar-refractivity contribution < 1.29 is 9.59 Å². The lowest BCUT2D eigenvalue weighted by Crippen LogP contribution is -2.48. The number of carbonyl (C=O) groups excluding carboxylic acids is 2. The van der Waals surface area contributed by atoms with Gasteiger partial charge in [0.2, 0.25) is 5.91 Å². The third-order valence-electron chi connectivity index (χ3n) is 4.03. The van der Waals surface area contributed by atoms with E-state index in [9.17, 15) is 9.59 Å². The van der Waals surface area contributed by atoms with Crippen molar-refractivity contribution in [1.82, 2.24) is 15.1 Å². The van der Waals surface area contributed by atoms with Gasteiger partial charge in [0.05, 0.1) is 0 Å². The highest BCUT2D eigenvalue weighted by Crippen LogP contribution is 2.16. The van der Waals surface area contributed by atoms with Gasteiger partial charge in [-0.25, -0.2) is 0 Å². The van der Waals surface area contributed by atoms with Crippen LogP contribution in [-0.4, -0.2) is 53.1 Å². The summed E-state index contributed by atoms with van der Waals surface area (Å²) in [6, 6.07) is 10.3. The molecule has 0 spiro atoms. The van der Waals surface area contributed by atoms with Gasteiger partial charge in [0.15, 0.2) is 11.5 Å². The molecule has 1 N–H and O–H groups in total. The van der Waals surface area contributed by atoms with Gasteiger partial charge in [-0.15, -0.1) is 10.2 Å². The maximum Gasteiger partial charge on any atom is 0.276 e. The molecule has 1 aromatic carbocycles. The number of amides is 2. The maximum absolute atomic E-state index is 12.2. The van der Waals surface area contributed by atoms with Gasteiger partial charge in [-0.3, -0.25) is 9.59 Å². The standard InChI is InChI=1S/C17H18ClN5O2/c1-12(24)22-8-10-23(11-9-22)16-7-6-15(20-21-16)17(25)19-14-4-2-13(18)3-5-14/h2-7H,8-11H2,1H3,(H,19,25). The SMILES string of the molecule is CC(=O)N1CCN(c2ccc(C(=O)Nc3ccc(Cl)cc3)nn2)CC1. The van der Waals surface area contributed by atoms with Crippen molar-refractivity contribution in [3.05, 3.63) is 47.1 Å². The molecule has 0 radical (unpaired) electrons. The van der Waals surface area contributed by atoms with Crippen LogP contribution in [0.25, 0.3) is 0 Å². The van der Waals surface area contributed by atoms with E-state index in [1.807, 2.05) is 4.90 Å². The number of aromatic nitrogens is 2. The Morgan fingerprint density at radius 3 is 2.24 bits per heavy atom. The Labute approximate surface area is 150 Å². The van der Waals surface area contributed by atoms with Crippen LogP contribution in [0.1, 0.15) is 17.4 Å². The van der Waals surface area contributed by atoms with Crippen LogP contribution in [0.2, 0.25) is 5.02 Å². The number of hydrogen-bond acceptors (Lipinski definition) is 5. The highest BCUT2D eigenvalue weighted by atomic mass is 35.5. The van der Waals surface area contributed by atoms with E-state index in [1.54, 1.807) is 48.2 Å². The van der Waals surface area contributed by atoms with Gasteiger partial charge in [0, 0.05) is 43.8 Å². The van der Waals surface area contributed by atoms with E-state index >= 15 is 0 Å². The normalized spacial score (nSPS) is 14.3. The van der Waals surface area contributed by atoms with Crippen molar-refractivity contribution in [2.24, 2.45) is 0 Å². The second kappa shape index (κ2) is 7.48. The topological polar surface area (TPSA) is 78.4 Å². The van der Waals surface area contributed by atoms with Crippen LogP contribution in [0.4, 0.5) is 11.5 Å². The first-order valence-electron chi connectivity index (χ1n) is 7.94. The molecule has 1 aliphatic rings. The van der Waals surface area contributed by atoms with Crippen molar-refractivity contribution in [3.8, 4) is 0 Å². The average Bonchev–Trinajstić information content (AvgIpc) is 2.64. The Morgan fingerprint density at radius 2 is 1.68 bits per heavy atom. The molecule has 0 bridgehead atoms.